The zero-order valence-electron chi connectivity index (χ0n) is 11.8. The molecule has 5 heteroatoms. The van der Waals surface area contributed by atoms with Crippen LogP contribution in [0.3, 0.4) is 0 Å². The third-order valence-electron chi connectivity index (χ3n) is 2.96. The van der Waals surface area contributed by atoms with Crippen LogP contribution in [0.15, 0.2) is 18.2 Å². The van der Waals surface area contributed by atoms with Crippen LogP contribution in [0, 0.1) is 12.7 Å². The van der Waals surface area contributed by atoms with Crippen molar-refractivity contribution in [2.75, 3.05) is 0 Å². The Kier molecular flexibility index (Phi) is 5.13. The number of nitrogens with one attached hydrogen (secondary N) is 1. The monoisotopic (exact) mass is 312 g/mol. The predicted molar refractivity (Wildman–Crippen MR) is 83.0 cm³/mol. The molecule has 0 bridgehead atoms. The van der Waals surface area contributed by atoms with E-state index in [2.05, 4.69) is 24.1 Å². The zero-order valence-corrected chi connectivity index (χ0v) is 13.4. The minimum absolute atomic E-state index is 0.309. The van der Waals surface area contributed by atoms with Crippen LogP contribution in [0.1, 0.15) is 35.0 Å². The quantitative estimate of drug-likeness (QED) is 0.888. The summed E-state index contributed by atoms with van der Waals surface area (Å²) in [6, 6.07) is 4.95. The summed E-state index contributed by atoms with van der Waals surface area (Å²) < 4.78 is 13.0. The van der Waals surface area contributed by atoms with Gasteiger partial charge in [0.2, 0.25) is 0 Å². The van der Waals surface area contributed by atoms with E-state index in [4.69, 9.17) is 11.6 Å². The lowest BCUT2D eigenvalue weighted by Crippen LogP contribution is -2.21. The van der Waals surface area contributed by atoms with Gasteiger partial charge in [0.1, 0.15) is 5.82 Å². The highest BCUT2D eigenvalue weighted by atomic mass is 35.5. The van der Waals surface area contributed by atoms with Gasteiger partial charge in [0.05, 0.1) is 10.7 Å². The van der Waals surface area contributed by atoms with E-state index in [-0.39, 0.29) is 5.82 Å². The van der Waals surface area contributed by atoms with Crippen molar-refractivity contribution in [2.45, 2.75) is 39.8 Å². The number of rotatable bonds is 5. The second-order valence-electron chi connectivity index (χ2n) is 5.06. The lowest BCUT2D eigenvalue weighted by molar-refractivity contribution is 0.591. The maximum Gasteiger partial charge on any atom is 0.124 e. The van der Waals surface area contributed by atoms with Crippen molar-refractivity contribution in [3.63, 3.8) is 0 Å². The Hall–Kier alpha value is -0.970. The van der Waals surface area contributed by atoms with Crippen LogP contribution in [0.2, 0.25) is 5.02 Å². The Morgan fingerprint density at radius 1 is 1.40 bits per heavy atom. The number of benzene rings is 1. The average molecular weight is 313 g/mol. The molecule has 20 heavy (non-hydrogen) atoms. The van der Waals surface area contributed by atoms with Gasteiger partial charge in [-0.25, -0.2) is 9.37 Å². The molecule has 0 fully saturated rings. The molecule has 1 aromatic heterocycles. The van der Waals surface area contributed by atoms with Gasteiger partial charge in [-0.2, -0.15) is 0 Å². The Morgan fingerprint density at radius 3 is 2.80 bits per heavy atom. The van der Waals surface area contributed by atoms with E-state index in [9.17, 15) is 4.39 Å². The van der Waals surface area contributed by atoms with Gasteiger partial charge in [-0.05, 0) is 24.6 Å². The number of halogens is 2. The lowest BCUT2D eigenvalue weighted by atomic mass is 10.1. The molecule has 0 saturated carbocycles. The number of thiazole rings is 1. The minimum atomic E-state index is -0.309. The van der Waals surface area contributed by atoms with Crippen LogP contribution in [0.4, 0.5) is 4.39 Å². The second-order valence-corrected chi connectivity index (χ2v) is 6.64. The lowest BCUT2D eigenvalue weighted by Gasteiger charge is -2.05. The summed E-state index contributed by atoms with van der Waals surface area (Å²) in [5, 5.41) is 4.86. The number of aromatic nitrogens is 1. The fraction of sp³-hybridized carbons (Fsp3) is 0.400. The van der Waals surface area contributed by atoms with Gasteiger partial charge in [0.15, 0.2) is 0 Å². The molecule has 2 rings (SSSR count). The molecule has 0 spiro atoms. The summed E-state index contributed by atoms with van der Waals surface area (Å²) in [6.45, 7) is 7.09. The fourth-order valence-corrected chi connectivity index (χ4v) is 3.13. The molecular weight excluding hydrogens is 295 g/mol. The van der Waals surface area contributed by atoms with Gasteiger partial charge < -0.3 is 5.32 Å². The van der Waals surface area contributed by atoms with Crippen LogP contribution < -0.4 is 5.32 Å². The molecule has 0 saturated heterocycles. The summed E-state index contributed by atoms with van der Waals surface area (Å²) in [5.41, 5.74) is 1.96. The van der Waals surface area contributed by atoms with Crippen molar-refractivity contribution >= 4 is 22.9 Å². The summed E-state index contributed by atoms with van der Waals surface area (Å²) in [7, 11) is 0. The summed E-state index contributed by atoms with van der Waals surface area (Å²) in [4.78, 5) is 5.82. The van der Waals surface area contributed by atoms with E-state index in [1.807, 2.05) is 6.92 Å². The smallest absolute Gasteiger partial charge is 0.124 e. The normalized spacial score (nSPS) is 11.3. The topological polar surface area (TPSA) is 24.9 Å². The van der Waals surface area contributed by atoms with Gasteiger partial charge in [0.25, 0.3) is 0 Å². The van der Waals surface area contributed by atoms with Crippen LogP contribution >= 0.6 is 22.9 Å². The molecule has 0 amide bonds. The fourth-order valence-electron chi connectivity index (χ4n) is 1.85. The van der Waals surface area contributed by atoms with Crippen molar-refractivity contribution in [2.24, 2.45) is 0 Å². The zero-order chi connectivity index (χ0) is 14.7. The van der Waals surface area contributed by atoms with E-state index in [1.165, 1.54) is 17.0 Å². The number of hydrogen-bond donors (Lipinski definition) is 1. The molecule has 0 aliphatic heterocycles. The highest BCUT2D eigenvalue weighted by Gasteiger charge is 2.10. The standard InChI is InChI=1S/C15H18ClFN2S/c1-9(2)18-8-14-10(3)19-15(20-14)6-11-4-5-12(17)7-13(11)16/h4-5,7,9,18H,6,8H2,1-3H3. The molecule has 2 aromatic rings. The van der Waals surface area contributed by atoms with E-state index < -0.39 is 0 Å². The Labute approximate surface area is 128 Å². The van der Waals surface area contributed by atoms with Crippen molar-refractivity contribution in [3.05, 3.63) is 50.2 Å². The molecular formula is C15H18ClFN2S. The first-order chi connectivity index (χ1) is 9.45. The average Bonchev–Trinajstić information content (AvgIpc) is 2.71. The number of hydrogen-bond acceptors (Lipinski definition) is 3. The van der Waals surface area contributed by atoms with Crippen LogP contribution in [-0.2, 0) is 13.0 Å². The van der Waals surface area contributed by atoms with E-state index in [1.54, 1.807) is 17.4 Å². The van der Waals surface area contributed by atoms with E-state index >= 15 is 0 Å². The molecule has 2 nitrogen and oxygen atoms in total. The largest absolute Gasteiger partial charge is 0.310 e. The van der Waals surface area contributed by atoms with Crippen molar-refractivity contribution < 1.29 is 4.39 Å². The van der Waals surface area contributed by atoms with Gasteiger partial charge in [-0.15, -0.1) is 11.3 Å². The maximum atomic E-state index is 13.0. The number of nitrogens with zero attached hydrogens (tertiary/aromatic N) is 1. The summed E-state index contributed by atoms with van der Waals surface area (Å²) >= 11 is 7.74. The van der Waals surface area contributed by atoms with Crippen molar-refractivity contribution in [1.29, 1.82) is 0 Å². The molecule has 108 valence electrons. The SMILES string of the molecule is Cc1nc(Cc2ccc(F)cc2Cl)sc1CNC(C)C. The first kappa shape index (κ1) is 15.4. The van der Waals surface area contributed by atoms with E-state index in [0.717, 1.165) is 22.8 Å². The van der Waals surface area contributed by atoms with Crippen LogP contribution in [0.5, 0.6) is 0 Å². The summed E-state index contributed by atoms with van der Waals surface area (Å²) in [6.07, 6.45) is 0.645. The third-order valence-corrected chi connectivity index (χ3v) is 4.47. The first-order valence-electron chi connectivity index (χ1n) is 6.58. The Bertz CT molecular complexity index is 596. The maximum absolute atomic E-state index is 13.0. The van der Waals surface area contributed by atoms with Crippen LogP contribution in [-0.4, -0.2) is 11.0 Å². The molecule has 1 heterocycles. The first-order valence-corrected chi connectivity index (χ1v) is 7.77. The van der Waals surface area contributed by atoms with Gasteiger partial charge in [0, 0.05) is 28.9 Å². The number of aryl methyl sites for hydroxylation is 1. The Balaban J connectivity index is 2.12. The van der Waals surface area contributed by atoms with Crippen molar-refractivity contribution in [1.82, 2.24) is 10.3 Å². The summed E-state index contributed by atoms with van der Waals surface area (Å²) in [5.74, 6) is -0.309. The highest BCUT2D eigenvalue weighted by molar-refractivity contribution is 7.11. The third kappa shape index (κ3) is 4.01. The predicted octanol–water partition coefficient (Wildman–Crippen LogP) is 4.33. The molecule has 0 aliphatic carbocycles. The second kappa shape index (κ2) is 6.66. The van der Waals surface area contributed by atoms with Gasteiger partial charge in [-0.1, -0.05) is 31.5 Å². The molecule has 0 aliphatic rings. The highest BCUT2D eigenvalue weighted by Crippen LogP contribution is 2.25. The van der Waals surface area contributed by atoms with E-state index in [0.29, 0.717) is 17.5 Å². The molecule has 1 N–H and O–H groups in total. The molecule has 0 unspecified atom stereocenters. The molecule has 0 atom stereocenters. The molecule has 1 aromatic carbocycles. The van der Waals surface area contributed by atoms with Gasteiger partial charge in [-0.3, -0.25) is 0 Å². The van der Waals surface area contributed by atoms with Crippen LogP contribution in [0.25, 0.3) is 0 Å². The minimum Gasteiger partial charge on any atom is -0.310 e. The van der Waals surface area contributed by atoms with Gasteiger partial charge >= 0.3 is 0 Å². The Morgan fingerprint density at radius 2 is 2.15 bits per heavy atom. The molecule has 0 radical (unpaired) electrons. The van der Waals surface area contributed by atoms with Crippen molar-refractivity contribution in [3.8, 4) is 0 Å².